The van der Waals surface area contributed by atoms with Gasteiger partial charge in [-0.15, -0.1) is 0 Å². The van der Waals surface area contributed by atoms with Crippen LogP contribution in [0.3, 0.4) is 0 Å². The number of hydrogen-bond acceptors (Lipinski definition) is 5. The van der Waals surface area contributed by atoms with Gasteiger partial charge in [-0.05, 0) is 17.7 Å². The first kappa shape index (κ1) is 14.2. The summed E-state index contributed by atoms with van der Waals surface area (Å²) in [4.78, 5) is 14.5. The predicted molar refractivity (Wildman–Crippen MR) is 71.9 cm³/mol. The van der Waals surface area contributed by atoms with Crippen molar-refractivity contribution >= 4 is 40.9 Å². The first-order chi connectivity index (χ1) is 9.04. The topological polar surface area (TPSA) is 76.2 Å². The third-order valence-corrected chi connectivity index (χ3v) is 3.52. The SMILES string of the molecule is O=C(O)CSc1nc(Cc2ccc(Cl)cc2Cl)no1. The van der Waals surface area contributed by atoms with Crippen molar-refractivity contribution in [3.63, 3.8) is 0 Å². The Hall–Kier alpha value is -1.24. The van der Waals surface area contributed by atoms with E-state index in [2.05, 4.69) is 10.1 Å². The van der Waals surface area contributed by atoms with E-state index in [1.807, 2.05) is 0 Å². The lowest BCUT2D eigenvalue weighted by Gasteiger charge is -2.00. The monoisotopic (exact) mass is 318 g/mol. The summed E-state index contributed by atoms with van der Waals surface area (Å²) < 4.78 is 4.92. The van der Waals surface area contributed by atoms with Gasteiger partial charge in [0.1, 0.15) is 5.75 Å². The summed E-state index contributed by atoms with van der Waals surface area (Å²) in [6, 6.07) is 5.15. The zero-order valence-corrected chi connectivity index (χ0v) is 11.8. The lowest BCUT2D eigenvalue weighted by molar-refractivity contribution is -0.133. The average molecular weight is 319 g/mol. The number of halogens is 2. The molecule has 0 aliphatic rings. The summed E-state index contributed by atoms with van der Waals surface area (Å²) in [7, 11) is 0. The van der Waals surface area contributed by atoms with Crippen molar-refractivity contribution in [3.05, 3.63) is 39.6 Å². The average Bonchev–Trinajstić information content (AvgIpc) is 2.78. The van der Waals surface area contributed by atoms with Gasteiger partial charge in [-0.3, -0.25) is 4.79 Å². The minimum Gasteiger partial charge on any atom is -0.481 e. The molecule has 2 aromatic rings. The Kier molecular flexibility index (Phi) is 4.68. The number of carboxylic acid groups (broad SMARTS) is 1. The Morgan fingerprint density at radius 2 is 2.21 bits per heavy atom. The Morgan fingerprint density at radius 3 is 2.89 bits per heavy atom. The molecule has 0 radical (unpaired) electrons. The molecule has 1 heterocycles. The summed E-state index contributed by atoms with van der Waals surface area (Å²) in [6.07, 6.45) is 0.396. The molecular weight excluding hydrogens is 311 g/mol. The van der Waals surface area contributed by atoms with Crippen molar-refractivity contribution in [2.45, 2.75) is 11.6 Å². The Morgan fingerprint density at radius 1 is 1.42 bits per heavy atom. The second-order valence-electron chi connectivity index (χ2n) is 3.57. The molecule has 0 aliphatic carbocycles. The van der Waals surface area contributed by atoms with Crippen LogP contribution in [0.2, 0.25) is 10.0 Å². The lowest BCUT2D eigenvalue weighted by Crippen LogP contribution is -1.97. The molecule has 0 spiro atoms. The van der Waals surface area contributed by atoms with Crippen molar-refractivity contribution in [2.24, 2.45) is 0 Å². The van der Waals surface area contributed by atoms with Gasteiger partial charge in [-0.1, -0.05) is 46.2 Å². The second kappa shape index (κ2) is 6.27. The molecule has 100 valence electrons. The van der Waals surface area contributed by atoms with Crippen LogP contribution in [0, 0.1) is 0 Å². The van der Waals surface area contributed by atoms with Crippen molar-refractivity contribution in [3.8, 4) is 0 Å². The molecule has 0 aliphatic heterocycles. The summed E-state index contributed by atoms with van der Waals surface area (Å²) in [5.41, 5.74) is 0.821. The molecular formula is C11H8Cl2N2O3S. The van der Waals surface area contributed by atoms with E-state index in [0.29, 0.717) is 22.3 Å². The molecule has 1 aromatic carbocycles. The van der Waals surface area contributed by atoms with E-state index in [-0.39, 0.29) is 11.0 Å². The zero-order chi connectivity index (χ0) is 13.8. The van der Waals surface area contributed by atoms with Crippen molar-refractivity contribution in [1.82, 2.24) is 10.1 Å². The molecule has 0 bridgehead atoms. The van der Waals surface area contributed by atoms with Crippen LogP contribution in [0.25, 0.3) is 0 Å². The third kappa shape index (κ3) is 4.12. The van der Waals surface area contributed by atoms with Gasteiger partial charge in [0, 0.05) is 16.5 Å². The maximum Gasteiger partial charge on any atom is 0.314 e. The number of nitrogens with zero attached hydrogens (tertiary/aromatic N) is 2. The Bertz CT molecular complexity index is 603. The maximum atomic E-state index is 10.4. The molecule has 1 aromatic heterocycles. The van der Waals surface area contributed by atoms with Gasteiger partial charge < -0.3 is 9.63 Å². The first-order valence-electron chi connectivity index (χ1n) is 5.15. The summed E-state index contributed by atoms with van der Waals surface area (Å²) >= 11 is 12.8. The molecule has 0 unspecified atom stereocenters. The molecule has 0 saturated heterocycles. The highest BCUT2D eigenvalue weighted by atomic mass is 35.5. The number of carbonyl (C=O) groups is 1. The van der Waals surface area contributed by atoms with Crippen LogP contribution >= 0.6 is 35.0 Å². The normalized spacial score (nSPS) is 10.6. The van der Waals surface area contributed by atoms with E-state index < -0.39 is 5.97 Å². The molecule has 0 atom stereocenters. The minimum absolute atomic E-state index is 0.122. The molecule has 0 amide bonds. The highest BCUT2D eigenvalue weighted by Crippen LogP contribution is 2.23. The van der Waals surface area contributed by atoms with Crippen LogP contribution < -0.4 is 0 Å². The highest BCUT2D eigenvalue weighted by Gasteiger charge is 2.11. The molecule has 2 rings (SSSR count). The van der Waals surface area contributed by atoms with Gasteiger partial charge in [-0.25, -0.2) is 0 Å². The van der Waals surface area contributed by atoms with Crippen LogP contribution in [0.5, 0.6) is 0 Å². The number of aromatic nitrogens is 2. The van der Waals surface area contributed by atoms with Gasteiger partial charge in [0.15, 0.2) is 5.82 Å². The number of rotatable bonds is 5. The highest BCUT2D eigenvalue weighted by molar-refractivity contribution is 7.99. The van der Waals surface area contributed by atoms with E-state index >= 15 is 0 Å². The standard InChI is InChI=1S/C11H8Cl2N2O3S/c12-7-2-1-6(8(13)4-7)3-9-14-11(18-15-9)19-5-10(16)17/h1-2,4H,3,5H2,(H,16,17). The summed E-state index contributed by atoms with van der Waals surface area (Å²) in [5, 5.41) is 13.6. The molecule has 0 fully saturated rings. The molecule has 5 nitrogen and oxygen atoms in total. The first-order valence-corrected chi connectivity index (χ1v) is 6.90. The lowest BCUT2D eigenvalue weighted by atomic mass is 10.1. The van der Waals surface area contributed by atoms with Crippen LogP contribution in [-0.4, -0.2) is 27.0 Å². The fourth-order valence-electron chi connectivity index (χ4n) is 1.33. The number of hydrogen-bond donors (Lipinski definition) is 1. The maximum absolute atomic E-state index is 10.4. The van der Waals surface area contributed by atoms with E-state index in [0.717, 1.165) is 17.3 Å². The fourth-order valence-corrected chi connectivity index (χ4v) is 2.31. The van der Waals surface area contributed by atoms with Gasteiger partial charge in [-0.2, -0.15) is 4.98 Å². The van der Waals surface area contributed by atoms with Crippen LogP contribution in [-0.2, 0) is 11.2 Å². The van der Waals surface area contributed by atoms with E-state index in [1.54, 1.807) is 18.2 Å². The predicted octanol–water partition coefficient (Wildman–Crippen LogP) is 3.14. The number of carboxylic acids is 1. The van der Waals surface area contributed by atoms with Gasteiger partial charge in [0.2, 0.25) is 0 Å². The zero-order valence-electron chi connectivity index (χ0n) is 9.47. The minimum atomic E-state index is -0.939. The Labute approximate surface area is 122 Å². The summed E-state index contributed by atoms with van der Waals surface area (Å²) in [6.45, 7) is 0. The van der Waals surface area contributed by atoms with Gasteiger partial charge in [0.05, 0.1) is 0 Å². The van der Waals surface area contributed by atoms with Crippen molar-refractivity contribution < 1.29 is 14.4 Å². The van der Waals surface area contributed by atoms with Crippen LogP contribution in [0.15, 0.2) is 27.9 Å². The molecule has 0 saturated carbocycles. The fraction of sp³-hybridized carbons (Fsp3) is 0.182. The van der Waals surface area contributed by atoms with Crippen LogP contribution in [0.4, 0.5) is 0 Å². The number of thioether (sulfide) groups is 1. The molecule has 8 heteroatoms. The van der Waals surface area contributed by atoms with Crippen molar-refractivity contribution in [1.29, 1.82) is 0 Å². The van der Waals surface area contributed by atoms with E-state index in [4.69, 9.17) is 32.8 Å². The quantitative estimate of drug-likeness (QED) is 0.853. The van der Waals surface area contributed by atoms with E-state index in [9.17, 15) is 4.79 Å². The molecule has 1 N–H and O–H groups in total. The van der Waals surface area contributed by atoms with Gasteiger partial charge in [0.25, 0.3) is 5.22 Å². The van der Waals surface area contributed by atoms with Gasteiger partial charge >= 0.3 is 5.97 Å². The Balaban J connectivity index is 2.05. The smallest absolute Gasteiger partial charge is 0.314 e. The second-order valence-corrected chi connectivity index (χ2v) is 5.34. The van der Waals surface area contributed by atoms with E-state index in [1.165, 1.54) is 0 Å². The van der Waals surface area contributed by atoms with Crippen LogP contribution in [0.1, 0.15) is 11.4 Å². The van der Waals surface area contributed by atoms with Crippen molar-refractivity contribution in [2.75, 3.05) is 5.75 Å². The number of benzene rings is 1. The third-order valence-electron chi connectivity index (χ3n) is 2.13. The largest absolute Gasteiger partial charge is 0.481 e. The number of aliphatic carboxylic acids is 1. The summed E-state index contributed by atoms with van der Waals surface area (Å²) in [5.74, 6) is -0.619. The molecule has 19 heavy (non-hydrogen) atoms.